The molecule has 6 heteroatoms. The minimum absolute atomic E-state index is 0.0673. The SMILES string of the molecule is Cc1ccc(NC(=O)[C@@H]2CS[C@]3(C)CCC(=O)N23)c(Cl)c1. The van der Waals surface area contributed by atoms with Gasteiger partial charge in [0, 0.05) is 12.2 Å². The van der Waals surface area contributed by atoms with Crippen molar-refractivity contribution in [1.82, 2.24) is 4.90 Å². The first kappa shape index (κ1) is 14.7. The molecule has 0 spiro atoms. The molecular formula is C15H17ClN2O2S. The van der Waals surface area contributed by atoms with Gasteiger partial charge in [0.2, 0.25) is 11.8 Å². The van der Waals surface area contributed by atoms with E-state index in [-0.39, 0.29) is 16.7 Å². The van der Waals surface area contributed by atoms with E-state index in [0.29, 0.717) is 22.9 Å². The molecule has 2 aliphatic rings. The number of rotatable bonds is 2. The third-order valence-corrected chi connectivity index (χ3v) is 5.95. The van der Waals surface area contributed by atoms with E-state index < -0.39 is 6.04 Å². The number of halogens is 1. The van der Waals surface area contributed by atoms with Crippen molar-refractivity contribution in [3.05, 3.63) is 28.8 Å². The van der Waals surface area contributed by atoms with Crippen LogP contribution in [-0.4, -0.2) is 33.4 Å². The standard InChI is InChI=1S/C15H17ClN2O2S/c1-9-3-4-11(10(16)7-9)17-14(20)12-8-21-15(2)6-5-13(19)18(12)15/h3-4,7,12H,5-6,8H2,1-2H3,(H,17,20)/t12-,15+/m0/s1. The van der Waals surface area contributed by atoms with Gasteiger partial charge < -0.3 is 10.2 Å². The van der Waals surface area contributed by atoms with Crippen LogP contribution in [0.25, 0.3) is 0 Å². The molecule has 3 rings (SSSR count). The lowest BCUT2D eigenvalue weighted by Crippen LogP contribution is -2.48. The minimum atomic E-state index is -0.410. The third kappa shape index (κ3) is 2.53. The Hall–Kier alpha value is -1.20. The van der Waals surface area contributed by atoms with E-state index in [1.807, 2.05) is 26.0 Å². The first-order valence-electron chi connectivity index (χ1n) is 6.94. The van der Waals surface area contributed by atoms with Crippen LogP contribution in [0.5, 0.6) is 0 Å². The fourth-order valence-electron chi connectivity index (χ4n) is 2.95. The second kappa shape index (κ2) is 5.21. The summed E-state index contributed by atoms with van der Waals surface area (Å²) in [5, 5.41) is 3.37. The van der Waals surface area contributed by atoms with E-state index in [1.165, 1.54) is 0 Å². The Morgan fingerprint density at radius 1 is 1.52 bits per heavy atom. The number of hydrogen-bond donors (Lipinski definition) is 1. The summed E-state index contributed by atoms with van der Waals surface area (Å²) in [4.78, 5) is 26.1. The normalized spacial score (nSPS) is 27.9. The Morgan fingerprint density at radius 2 is 2.29 bits per heavy atom. The molecule has 0 radical (unpaired) electrons. The number of amides is 2. The molecule has 21 heavy (non-hydrogen) atoms. The highest BCUT2D eigenvalue weighted by molar-refractivity contribution is 8.01. The summed E-state index contributed by atoms with van der Waals surface area (Å²) in [5.41, 5.74) is 1.63. The number of carbonyl (C=O) groups excluding carboxylic acids is 2. The molecule has 0 unspecified atom stereocenters. The molecule has 2 saturated heterocycles. The fraction of sp³-hybridized carbons (Fsp3) is 0.467. The number of hydrogen-bond acceptors (Lipinski definition) is 3. The number of anilines is 1. The van der Waals surface area contributed by atoms with Gasteiger partial charge in [-0.25, -0.2) is 0 Å². The lowest BCUT2D eigenvalue weighted by atomic mass is 10.2. The van der Waals surface area contributed by atoms with Gasteiger partial charge in [-0.2, -0.15) is 0 Å². The monoisotopic (exact) mass is 324 g/mol. The van der Waals surface area contributed by atoms with Gasteiger partial charge in [-0.15, -0.1) is 11.8 Å². The summed E-state index contributed by atoms with van der Waals surface area (Å²) >= 11 is 7.83. The fourth-order valence-corrected chi connectivity index (χ4v) is 4.67. The summed E-state index contributed by atoms with van der Waals surface area (Å²) in [6.45, 7) is 3.98. The zero-order chi connectivity index (χ0) is 15.2. The number of aryl methyl sites for hydroxylation is 1. The van der Waals surface area contributed by atoms with Crippen LogP contribution in [0.15, 0.2) is 18.2 Å². The van der Waals surface area contributed by atoms with Crippen LogP contribution in [0, 0.1) is 6.92 Å². The van der Waals surface area contributed by atoms with Gasteiger partial charge in [-0.05, 0) is 38.0 Å². The smallest absolute Gasteiger partial charge is 0.248 e. The number of benzene rings is 1. The van der Waals surface area contributed by atoms with Crippen LogP contribution in [0.2, 0.25) is 5.02 Å². The van der Waals surface area contributed by atoms with E-state index in [1.54, 1.807) is 22.7 Å². The van der Waals surface area contributed by atoms with Gasteiger partial charge in [0.1, 0.15) is 6.04 Å². The molecular weight excluding hydrogens is 308 g/mol. The van der Waals surface area contributed by atoms with Gasteiger partial charge in [0.05, 0.1) is 15.6 Å². The third-order valence-electron chi connectivity index (χ3n) is 4.13. The molecule has 2 heterocycles. The lowest BCUT2D eigenvalue weighted by molar-refractivity contribution is -0.135. The van der Waals surface area contributed by atoms with Crippen molar-refractivity contribution in [2.75, 3.05) is 11.1 Å². The molecule has 2 amide bonds. The molecule has 1 aromatic carbocycles. The van der Waals surface area contributed by atoms with Crippen molar-refractivity contribution < 1.29 is 9.59 Å². The average molecular weight is 325 g/mol. The van der Waals surface area contributed by atoms with Crippen molar-refractivity contribution in [3.63, 3.8) is 0 Å². The highest BCUT2D eigenvalue weighted by Gasteiger charge is 2.52. The number of carbonyl (C=O) groups is 2. The van der Waals surface area contributed by atoms with Crippen LogP contribution in [-0.2, 0) is 9.59 Å². The number of nitrogens with zero attached hydrogens (tertiary/aromatic N) is 1. The molecule has 0 aromatic heterocycles. The van der Waals surface area contributed by atoms with E-state index >= 15 is 0 Å². The molecule has 0 saturated carbocycles. The highest BCUT2D eigenvalue weighted by atomic mass is 35.5. The second-order valence-corrected chi connectivity index (χ2v) is 7.65. The Labute approximate surface area is 133 Å². The van der Waals surface area contributed by atoms with Gasteiger partial charge in [0.15, 0.2) is 0 Å². The van der Waals surface area contributed by atoms with E-state index in [0.717, 1.165) is 12.0 Å². The first-order valence-corrected chi connectivity index (χ1v) is 8.30. The molecule has 4 nitrogen and oxygen atoms in total. The zero-order valence-corrected chi connectivity index (χ0v) is 13.6. The lowest BCUT2D eigenvalue weighted by Gasteiger charge is -2.29. The van der Waals surface area contributed by atoms with Crippen molar-refractivity contribution in [1.29, 1.82) is 0 Å². The van der Waals surface area contributed by atoms with Gasteiger partial charge in [0.25, 0.3) is 0 Å². The second-order valence-electron chi connectivity index (χ2n) is 5.74. The predicted molar refractivity (Wildman–Crippen MR) is 85.5 cm³/mol. The zero-order valence-electron chi connectivity index (χ0n) is 12.0. The molecule has 1 aromatic rings. The molecule has 2 fully saturated rings. The average Bonchev–Trinajstić information content (AvgIpc) is 2.90. The molecule has 112 valence electrons. The van der Waals surface area contributed by atoms with Crippen LogP contribution in [0.1, 0.15) is 25.3 Å². The van der Waals surface area contributed by atoms with Crippen molar-refractivity contribution in [2.24, 2.45) is 0 Å². The minimum Gasteiger partial charge on any atom is -0.323 e. The van der Waals surface area contributed by atoms with E-state index in [9.17, 15) is 9.59 Å². The van der Waals surface area contributed by atoms with Gasteiger partial charge in [-0.1, -0.05) is 17.7 Å². The topological polar surface area (TPSA) is 49.4 Å². The maximum atomic E-state index is 12.5. The van der Waals surface area contributed by atoms with Crippen molar-refractivity contribution in [3.8, 4) is 0 Å². The van der Waals surface area contributed by atoms with E-state index in [4.69, 9.17) is 11.6 Å². The Morgan fingerprint density at radius 3 is 3.00 bits per heavy atom. The maximum absolute atomic E-state index is 12.5. The first-order chi connectivity index (χ1) is 9.90. The van der Waals surface area contributed by atoms with Crippen LogP contribution in [0.4, 0.5) is 5.69 Å². The van der Waals surface area contributed by atoms with Gasteiger partial charge >= 0.3 is 0 Å². The molecule has 1 N–H and O–H groups in total. The number of fused-ring (bicyclic) bond motifs is 1. The van der Waals surface area contributed by atoms with Crippen LogP contribution >= 0.6 is 23.4 Å². The molecule has 0 aliphatic carbocycles. The summed E-state index contributed by atoms with van der Waals surface area (Å²) in [6.07, 6.45) is 1.34. The summed E-state index contributed by atoms with van der Waals surface area (Å²) < 4.78 is 0. The highest BCUT2D eigenvalue weighted by Crippen LogP contribution is 2.47. The Bertz CT molecular complexity index is 622. The molecule has 2 aliphatic heterocycles. The predicted octanol–water partition coefficient (Wildman–Crippen LogP) is 3.04. The van der Waals surface area contributed by atoms with Crippen LogP contribution < -0.4 is 5.32 Å². The quantitative estimate of drug-likeness (QED) is 0.909. The van der Waals surface area contributed by atoms with E-state index in [2.05, 4.69) is 5.32 Å². The number of thioether (sulfide) groups is 1. The molecule has 0 bridgehead atoms. The maximum Gasteiger partial charge on any atom is 0.248 e. The number of nitrogens with one attached hydrogen (secondary N) is 1. The summed E-state index contributed by atoms with van der Waals surface area (Å²) in [5.74, 6) is 0.544. The van der Waals surface area contributed by atoms with Crippen LogP contribution in [0.3, 0.4) is 0 Å². The van der Waals surface area contributed by atoms with Crippen molar-refractivity contribution >= 4 is 40.9 Å². The Balaban J connectivity index is 1.78. The van der Waals surface area contributed by atoms with Gasteiger partial charge in [-0.3, -0.25) is 9.59 Å². The summed E-state index contributed by atoms with van der Waals surface area (Å²) in [6, 6.07) is 5.09. The summed E-state index contributed by atoms with van der Waals surface area (Å²) in [7, 11) is 0. The largest absolute Gasteiger partial charge is 0.323 e. The molecule has 2 atom stereocenters. The Kier molecular flexibility index (Phi) is 3.66. The van der Waals surface area contributed by atoms with Crippen molar-refractivity contribution in [2.45, 2.75) is 37.6 Å².